The summed E-state index contributed by atoms with van der Waals surface area (Å²) < 4.78 is 89.5. The average Bonchev–Trinajstić information content (AvgIpc) is 2.59. The molecule has 0 unspecified atom stereocenters. The lowest BCUT2D eigenvalue weighted by Gasteiger charge is -2.12. The Bertz CT molecular complexity index is 1180. The monoisotopic (exact) mass is 445 g/mol. The van der Waals surface area contributed by atoms with E-state index in [2.05, 4.69) is 12.6 Å². The number of rotatable bonds is 3. The molecule has 0 amide bonds. The van der Waals surface area contributed by atoms with Gasteiger partial charge in [-0.25, -0.2) is 22.3 Å². The van der Waals surface area contributed by atoms with Crippen molar-refractivity contribution < 1.29 is 30.4 Å². The molecule has 0 atom stereocenters. The number of sulfonamides is 1. The molecule has 3 nitrogen and oxygen atoms in total. The molecule has 3 aromatic carbocycles. The van der Waals surface area contributed by atoms with Gasteiger partial charge in [-0.3, -0.25) is 0 Å². The van der Waals surface area contributed by atoms with Gasteiger partial charge < -0.3 is 0 Å². The third-order valence-corrected chi connectivity index (χ3v) is 5.44. The predicted molar refractivity (Wildman–Crippen MR) is 101 cm³/mol. The number of nitrogens with two attached hydrogens (primary N) is 1. The maximum atomic E-state index is 14.1. The first-order chi connectivity index (χ1) is 13.4. The van der Waals surface area contributed by atoms with Gasteiger partial charge in [0.1, 0.15) is 11.6 Å². The van der Waals surface area contributed by atoms with Crippen LogP contribution in [0.1, 0.15) is 5.56 Å². The number of alkyl halides is 3. The van der Waals surface area contributed by atoms with Crippen molar-refractivity contribution in [2.75, 3.05) is 0 Å². The Morgan fingerprint density at radius 1 is 0.828 bits per heavy atom. The lowest BCUT2D eigenvalue weighted by Crippen LogP contribution is -2.16. The smallest absolute Gasteiger partial charge is 0.224 e. The second kappa shape index (κ2) is 7.43. The summed E-state index contributed by atoms with van der Waals surface area (Å²) >= 11 is 4.27. The normalized spacial score (nSPS) is 12.2. The fraction of sp³-hybridized carbons (Fsp3) is 0.0526. The summed E-state index contributed by atoms with van der Waals surface area (Å²) in [7, 11) is -4.59. The SMILES string of the molecule is NS(=O)(=O)c1c(F)cc(-c2ccc(-c3cccc(C(F)(F)F)c3)c(S)c2)cc1F. The quantitative estimate of drug-likeness (QED) is 0.427. The average molecular weight is 445 g/mol. The second-order valence-corrected chi connectivity index (χ2v) is 8.10. The summed E-state index contributed by atoms with van der Waals surface area (Å²) in [5.41, 5.74) is 0.112. The number of hydrogen-bond acceptors (Lipinski definition) is 3. The van der Waals surface area contributed by atoms with E-state index in [0.717, 1.165) is 24.3 Å². The van der Waals surface area contributed by atoms with Crippen molar-refractivity contribution in [1.29, 1.82) is 0 Å². The van der Waals surface area contributed by atoms with E-state index in [-0.39, 0.29) is 21.6 Å². The van der Waals surface area contributed by atoms with Gasteiger partial charge in [0.05, 0.1) is 5.56 Å². The van der Waals surface area contributed by atoms with Crippen molar-refractivity contribution in [2.45, 2.75) is 16.0 Å². The minimum absolute atomic E-state index is 0.0123. The standard InChI is InChI=1S/C19H12F5NO2S2/c20-15-7-12(8-16(21)18(15)29(25,26)27)10-4-5-14(17(28)9-10)11-2-1-3-13(6-11)19(22,23)24/h1-9,28H,(H2,25,26,27). The first-order valence-corrected chi connectivity index (χ1v) is 9.90. The topological polar surface area (TPSA) is 60.2 Å². The van der Waals surface area contributed by atoms with E-state index in [1.165, 1.54) is 30.3 Å². The van der Waals surface area contributed by atoms with Gasteiger partial charge in [-0.15, -0.1) is 12.6 Å². The van der Waals surface area contributed by atoms with Crippen molar-refractivity contribution in [1.82, 2.24) is 0 Å². The van der Waals surface area contributed by atoms with Crippen LogP contribution < -0.4 is 5.14 Å². The molecule has 0 saturated carbocycles. The van der Waals surface area contributed by atoms with Gasteiger partial charge in [-0.2, -0.15) is 13.2 Å². The van der Waals surface area contributed by atoms with E-state index in [9.17, 15) is 30.4 Å². The molecule has 3 aromatic rings. The Hall–Kier alpha value is -2.43. The van der Waals surface area contributed by atoms with Crippen LogP contribution in [0.4, 0.5) is 22.0 Å². The van der Waals surface area contributed by atoms with E-state index < -0.39 is 38.3 Å². The van der Waals surface area contributed by atoms with Gasteiger partial charge in [-0.05, 0) is 52.6 Å². The Kier molecular flexibility index (Phi) is 5.46. The van der Waals surface area contributed by atoms with Crippen LogP contribution in [-0.4, -0.2) is 8.42 Å². The highest BCUT2D eigenvalue weighted by atomic mass is 32.2. The lowest BCUT2D eigenvalue weighted by atomic mass is 9.98. The van der Waals surface area contributed by atoms with Gasteiger partial charge in [-0.1, -0.05) is 24.3 Å². The maximum Gasteiger partial charge on any atom is 0.416 e. The third kappa shape index (κ3) is 4.44. The van der Waals surface area contributed by atoms with Gasteiger partial charge in [0, 0.05) is 4.90 Å². The molecule has 0 aliphatic heterocycles. The summed E-state index contributed by atoms with van der Waals surface area (Å²) in [6, 6.07) is 10.5. The molecule has 0 bridgehead atoms. The summed E-state index contributed by atoms with van der Waals surface area (Å²) in [4.78, 5) is -0.980. The summed E-state index contributed by atoms with van der Waals surface area (Å²) in [6.07, 6.45) is -4.51. The maximum absolute atomic E-state index is 14.1. The third-order valence-electron chi connectivity index (χ3n) is 4.11. The largest absolute Gasteiger partial charge is 0.416 e. The molecule has 29 heavy (non-hydrogen) atoms. The summed E-state index contributed by atoms with van der Waals surface area (Å²) in [6.45, 7) is 0. The van der Waals surface area contributed by atoms with E-state index in [1.54, 1.807) is 0 Å². The summed E-state index contributed by atoms with van der Waals surface area (Å²) in [5, 5.41) is 4.80. The number of primary sulfonamides is 1. The van der Waals surface area contributed by atoms with E-state index in [4.69, 9.17) is 5.14 Å². The van der Waals surface area contributed by atoms with Crippen LogP contribution in [0.25, 0.3) is 22.3 Å². The first-order valence-electron chi connectivity index (χ1n) is 7.91. The van der Waals surface area contributed by atoms with E-state index >= 15 is 0 Å². The highest BCUT2D eigenvalue weighted by Gasteiger charge is 2.30. The molecule has 0 aromatic heterocycles. The van der Waals surface area contributed by atoms with Crippen LogP contribution in [0.3, 0.4) is 0 Å². The predicted octanol–water partition coefficient (Wildman–Crippen LogP) is 5.25. The molecule has 0 heterocycles. The van der Waals surface area contributed by atoms with Gasteiger partial charge in [0.25, 0.3) is 0 Å². The zero-order valence-electron chi connectivity index (χ0n) is 14.3. The number of hydrogen-bond donors (Lipinski definition) is 2. The van der Waals surface area contributed by atoms with Gasteiger partial charge >= 0.3 is 6.18 Å². The van der Waals surface area contributed by atoms with Gasteiger partial charge in [0.15, 0.2) is 4.90 Å². The molecule has 0 spiro atoms. The van der Waals surface area contributed by atoms with Crippen LogP contribution in [-0.2, 0) is 16.2 Å². The van der Waals surface area contributed by atoms with Crippen LogP contribution in [0.15, 0.2) is 64.4 Å². The van der Waals surface area contributed by atoms with Crippen molar-refractivity contribution in [3.05, 3.63) is 71.8 Å². The van der Waals surface area contributed by atoms with Crippen molar-refractivity contribution in [2.24, 2.45) is 5.14 Å². The molecular formula is C19H12F5NO2S2. The Morgan fingerprint density at radius 2 is 1.45 bits per heavy atom. The van der Waals surface area contributed by atoms with Crippen molar-refractivity contribution in [3.8, 4) is 22.3 Å². The Morgan fingerprint density at radius 3 is 1.97 bits per heavy atom. The number of benzene rings is 3. The van der Waals surface area contributed by atoms with Crippen LogP contribution >= 0.6 is 12.6 Å². The zero-order valence-corrected chi connectivity index (χ0v) is 16.0. The number of thiol groups is 1. The minimum Gasteiger partial charge on any atom is -0.224 e. The molecule has 10 heteroatoms. The molecule has 3 rings (SSSR count). The van der Waals surface area contributed by atoms with Crippen molar-refractivity contribution >= 4 is 22.7 Å². The molecular weight excluding hydrogens is 433 g/mol. The molecule has 0 aliphatic carbocycles. The van der Waals surface area contributed by atoms with E-state index in [0.29, 0.717) is 5.56 Å². The lowest BCUT2D eigenvalue weighted by molar-refractivity contribution is -0.137. The minimum atomic E-state index is -4.59. The highest BCUT2D eigenvalue weighted by Crippen LogP contribution is 2.36. The van der Waals surface area contributed by atoms with Crippen LogP contribution in [0.5, 0.6) is 0 Å². The molecule has 0 saturated heterocycles. The molecule has 0 aliphatic rings. The number of halogens is 5. The first kappa shape index (κ1) is 21.3. The molecule has 2 N–H and O–H groups in total. The fourth-order valence-electron chi connectivity index (χ4n) is 2.82. The zero-order chi connectivity index (χ0) is 21.6. The second-order valence-electron chi connectivity index (χ2n) is 6.12. The molecule has 0 fully saturated rings. The highest BCUT2D eigenvalue weighted by molar-refractivity contribution is 7.89. The van der Waals surface area contributed by atoms with Gasteiger partial charge in [0.2, 0.25) is 10.0 Å². The Balaban J connectivity index is 2.06. The fourth-order valence-corrected chi connectivity index (χ4v) is 3.82. The van der Waals surface area contributed by atoms with Crippen LogP contribution in [0, 0.1) is 11.6 Å². The van der Waals surface area contributed by atoms with Crippen molar-refractivity contribution in [3.63, 3.8) is 0 Å². The molecule has 152 valence electrons. The van der Waals surface area contributed by atoms with E-state index in [1.807, 2.05) is 0 Å². The Labute approximate surface area is 168 Å². The molecule has 0 radical (unpaired) electrons. The summed E-state index contributed by atoms with van der Waals surface area (Å²) in [5.74, 6) is -2.71. The van der Waals surface area contributed by atoms with Crippen LogP contribution in [0.2, 0.25) is 0 Å².